The maximum absolute atomic E-state index is 12.3. The number of rotatable bonds is 2. The van der Waals surface area contributed by atoms with Crippen molar-refractivity contribution in [3.63, 3.8) is 0 Å². The number of aliphatic hydroxyl groups excluding tert-OH is 2. The van der Waals surface area contributed by atoms with Crippen LogP contribution in [0.2, 0.25) is 0 Å². The molecular weight excluding hydrogens is 232 g/mol. The normalized spacial score (nSPS) is 24.1. The number of pyridine rings is 1. The van der Waals surface area contributed by atoms with Gasteiger partial charge in [0.2, 0.25) is 0 Å². The summed E-state index contributed by atoms with van der Waals surface area (Å²) in [5.74, 6) is -0.222. The summed E-state index contributed by atoms with van der Waals surface area (Å²) < 4.78 is 0. The van der Waals surface area contributed by atoms with Gasteiger partial charge in [-0.3, -0.25) is 9.78 Å². The summed E-state index contributed by atoms with van der Waals surface area (Å²) in [6.45, 7) is 2.68. The topological polar surface area (TPSA) is 73.7 Å². The molecule has 0 aromatic carbocycles. The van der Waals surface area contributed by atoms with Gasteiger partial charge in [0, 0.05) is 38.0 Å². The molecule has 98 valence electrons. The van der Waals surface area contributed by atoms with Crippen molar-refractivity contribution in [2.75, 3.05) is 19.7 Å². The number of aliphatic hydroxyl groups is 2. The summed E-state index contributed by atoms with van der Waals surface area (Å²) in [6.07, 6.45) is 3.19. The van der Waals surface area contributed by atoms with Crippen LogP contribution in [0.3, 0.4) is 0 Å². The van der Waals surface area contributed by atoms with E-state index < -0.39 is 6.10 Å². The number of aromatic nitrogens is 1. The number of hydrogen-bond donors (Lipinski definition) is 2. The van der Waals surface area contributed by atoms with Gasteiger partial charge in [-0.25, -0.2) is 0 Å². The number of aryl methyl sites for hydroxylation is 1. The van der Waals surface area contributed by atoms with Crippen LogP contribution in [0.4, 0.5) is 0 Å². The van der Waals surface area contributed by atoms with Gasteiger partial charge in [-0.05, 0) is 25.0 Å². The fraction of sp³-hybridized carbons (Fsp3) is 0.538. The Balaban J connectivity index is 2.10. The summed E-state index contributed by atoms with van der Waals surface area (Å²) >= 11 is 0. The van der Waals surface area contributed by atoms with E-state index in [1.165, 1.54) is 0 Å². The fourth-order valence-electron chi connectivity index (χ4n) is 2.24. The quantitative estimate of drug-likeness (QED) is 0.786. The van der Waals surface area contributed by atoms with E-state index in [0.29, 0.717) is 18.5 Å². The zero-order valence-corrected chi connectivity index (χ0v) is 10.4. The summed E-state index contributed by atoms with van der Waals surface area (Å²) in [6, 6.07) is 1.80. The molecule has 1 aromatic heterocycles. The number of nitrogens with zero attached hydrogens (tertiary/aromatic N) is 2. The molecule has 1 aromatic rings. The van der Waals surface area contributed by atoms with Crippen LogP contribution in [0.5, 0.6) is 0 Å². The maximum atomic E-state index is 12.3. The lowest BCUT2D eigenvalue weighted by Gasteiger charge is -2.35. The van der Waals surface area contributed by atoms with Gasteiger partial charge in [-0.2, -0.15) is 0 Å². The Hall–Kier alpha value is -1.46. The first-order valence-corrected chi connectivity index (χ1v) is 6.12. The molecule has 0 unspecified atom stereocenters. The number of likely N-dealkylation sites (tertiary alicyclic amines) is 1. The minimum absolute atomic E-state index is 0.0326. The molecule has 0 radical (unpaired) electrons. The highest BCUT2D eigenvalue weighted by Gasteiger charge is 2.30. The highest BCUT2D eigenvalue weighted by molar-refractivity contribution is 5.95. The first-order chi connectivity index (χ1) is 8.63. The first kappa shape index (κ1) is 13.0. The van der Waals surface area contributed by atoms with Gasteiger partial charge in [0.1, 0.15) is 0 Å². The zero-order valence-electron chi connectivity index (χ0n) is 10.4. The molecule has 5 heteroatoms. The zero-order chi connectivity index (χ0) is 13.1. The van der Waals surface area contributed by atoms with Crippen molar-refractivity contribution in [1.29, 1.82) is 0 Å². The lowest BCUT2D eigenvalue weighted by Crippen LogP contribution is -2.47. The number of carbonyl (C=O) groups is 1. The fourth-order valence-corrected chi connectivity index (χ4v) is 2.24. The van der Waals surface area contributed by atoms with Crippen molar-refractivity contribution in [3.05, 3.63) is 29.6 Å². The van der Waals surface area contributed by atoms with Crippen molar-refractivity contribution < 1.29 is 15.0 Å². The molecule has 2 atom stereocenters. The van der Waals surface area contributed by atoms with E-state index in [9.17, 15) is 9.90 Å². The van der Waals surface area contributed by atoms with Crippen LogP contribution in [0.25, 0.3) is 0 Å². The molecule has 0 spiro atoms. The highest BCUT2D eigenvalue weighted by Crippen LogP contribution is 2.19. The van der Waals surface area contributed by atoms with Crippen LogP contribution < -0.4 is 0 Å². The Kier molecular flexibility index (Phi) is 3.93. The number of β-amino-alcohol motifs (C(OH)–C–C–N with tert-alkyl or cyclic N) is 1. The molecule has 1 aliphatic rings. The Labute approximate surface area is 106 Å². The van der Waals surface area contributed by atoms with Crippen LogP contribution in [-0.4, -0.2) is 51.8 Å². The smallest absolute Gasteiger partial charge is 0.255 e. The van der Waals surface area contributed by atoms with Crippen molar-refractivity contribution in [2.24, 2.45) is 5.92 Å². The van der Waals surface area contributed by atoms with Gasteiger partial charge < -0.3 is 15.1 Å². The van der Waals surface area contributed by atoms with Gasteiger partial charge in [-0.15, -0.1) is 0 Å². The van der Waals surface area contributed by atoms with Gasteiger partial charge in [0.25, 0.3) is 5.91 Å². The molecule has 2 rings (SSSR count). The Morgan fingerprint density at radius 2 is 2.39 bits per heavy atom. The average molecular weight is 250 g/mol. The summed E-state index contributed by atoms with van der Waals surface area (Å²) in [7, 11) is 0. The number of amides is 1. The molecule has 5 nitrogen and oxygen atoms in total. The second kappa shape index (κ2) is 5.46. The standard InChI is InChI=1S/C13H18N2O3/c1-9-2-4-14-6-11(9)13(18)15-5-3-10(8-16)12(17)7-15/h2,4,6,10,12,16-17H,3,5,7-8H2,1H3/t10-,12+/m0/s1. The Bertz CT molecular complexity index is 436. The van der Waals surface area contributed by atoms with E-state index in [-0.39, 0.29) is 25.0 Å². The third kappa shape index (κ3) is 2.52. The van der Waals surface area contributed by atoms with E-state index in [1.807, 2.05) is 6.92 Å². The van der Waals surface area contributed by atoms with Crippen molar-refractivity contribution in [2.45, 2.75) is 19.4 Å². The van der Waals surface area contributed by atoms with Gasteiger partial charge >= 0.3 is 0 Å². The van der Waals surface area contributed by atoms with Crippen LogP contribution in [0.1, 0.15) is 22.3 Å². The summed E-state index contributed by atoms with van der Waals surface area (Å²) in [4.78, 5) is 17.9. The molecule has 2 N–H and O–H groups in total. The van der Waals surface area contributed by atoms with Gasteiger partial charge in [0.15, 0.2) is 0 Å². The summed E-state index contributed by atoms with van der Waals surface area (Å²) in [5.41, 5.74) is 1.46. The number of hydrogen-bond acceptors (Lipinski definition) is 4. The number of piperidine rings is 1. The van der Waals surface area contributed by atoms with Crippen molar-refractivity contribution in [1.82, 2.24) is 9.88 Å². The van der Waals surface area contributed by atoms with Gasteiger partial charge in [0.05, 0.1) is 11.7 Å². The molecule has 1 aliphatic heterocycles. The monoisotopic (exact) mass is 250 g/mol. The molecule has 1 fully saturated rings. The largest absolute Gasteiger partial charge is 0.396 e. The third-order valence-electron chi connectivity index (χ3n) is 3.51. The molecule has 2 heterocycles. The Morgan fingerprint density at radius 3 is 3.00 bits per heavy atom. The molecular formula is C13H18N2O3. The first-order valence-electron chi connectivity index (χ1n) is 6.12. The lowest BCUT2D eigenvalue weighted by atomic mass is 9.94. The predicted octanol–water partition coefficient (Wildman–Crippen LogP) is 0.205. The lowest BCUT2D eigenvalue weighted by molar-refractivity contribution is 0.000828. The van der Waals surface area contributed by atoms with Crippen LogP contribution in [0, 0.1) is 12.8 Å². The number of carbonyl (C=O) groups excluding carboxylic acids is 1. The van der Waals surface area contributed by atoms with E-state index in [4.69, 9.17) is 5.11 Å². The van der Waals surface area contributed by atoms with Gasteiger partial charge in [-0.1, -0.05) is 0 Å². The maximum Gasteiger partial charge on any atom is 0.255 e. The predicted molar refractivity (Wildman–Crippen MR) is 66.1 cm³/mol. The SMILES string of the molecule is Cc1ccncc1C(=O)N1CC[C@@H](CO)[C@H](O)C1. The van der Waals surface area contributed by atoms with E-state index >= 15 is 0 Å². The van der Waals surface area contributed by atoms with Crippen molar-refractivity contribution >= 4 is 5.91 Å². The summed E-state index contributed by atoms with van der Waals surface area (Å²) in [5, 5.41) is 18.9. The van der Waals surface area contributed by atoms with Crippen LogP contribution >= 0.6 is 0 Å². The minimum atomic E-state index is -0.648. The third-order valence-corrected chi connectivity index (χ3v) is 3.51. The molecule has 1 amide bonds. The van der Waals surface area contributed by atoms with E-state index in [2.05, 4.69) is 4.98 Å². The van der Waals surface area contributed by atoms with E-state index in [1.54, 1.807) is 23.4 Å². The second-order valence-electron chi connectivity index (χ2n) is 4.74. The molecule has 0 aliphatic carbocycles. The minimum Gasteiger partial charge on any atom is -0.396 e. The van der Waals surface area contributed by atoms with E-state index in [0.717, 1.165) is 5.56 Å². The molecule has 18 heavy (non-hydrogen) atoms. The molecule has 1 saturated heterocycles. The highest BCUT2D eigenvalue weighted by atomic mass is 16.3. The van der Waals surface area contributed by atoms with Crippen molar-refractivity contribution in [3.8, 4) is 0 Å². The van der Waals surface area contributed by atoms with Crippen LogP contribution in [0.15, 0.2) is 18.5 Å². The van der Waals surface area contributed by atoms with Crippen LogP contribution in [-0.2, 0) is 0 Å². The molecule has 0 bridgehead atoms. The second-order valence-corrected chi connectivity index (χ2v) is 4.74. The Morgan fingerprint density at radius 1 is 1.61 bits per heavy atom. The average Bonchev–Trinajstić information content (AvgIpc) is 2.38. The molecule has 0 saturated carbocycles.